The lowest BCUT2D eigenvalue weighted by molar-refractivity contribution is 0.259. The number of aromatic nitrogens is 2. The second-order valence-corrected chi connectivity index (χ2v) is 8.84. The Hall–Kier alpha value is -2.10. The Morgan fingerprint density at radius 2 is 2.13 bits per heavy atom. The average molecular weight is 493 g/mol. The Kier molecular flexibility index (Phi) is 6.91. The number of rotatable bonds is 8. The molecule has 1 aromatic heterocycles. The number of anilines is 2. The third-order valence-corrected chi connectivity index (χ3v) is 6.32. The van der Waals surface area contributed by atoms with Crippen LogP contribution in [0.4, 0.5) is 15.9 Å². The van der Waals surface area contributed by atoms with Crippen LogP contribution in [0.1, 0.15) is 6.42 Å². The van der Waals surface area contributed by atoms with E-state index in [1.165, 1.54) is 18.1 Å². The minimum absolute atomic E-state index is 0.331. The van der Waals surface area contributed by atoms with Crippen molar-refractivity contribution in [1.82, 2.24) is 14.9 Å². The molecule has 30 heavy (non-hydrogen) atoms. The minimum atomic E-state index is -0.376. The number of ether oxygens (including phenoxy) is 2. The normalized spacial score (nSPS) is 14.2. The van der Waals surface area contributed by atoms with E-state index in [-0.39, 0.29) is 5.82 Å². The van der Waals surface area contributed by atoms with E-state index < -0.39 is 0 Å². The fourth-order valence-electron chi connectivity index (χ4n) is 3.25. The lowest BCUT2D eigenvalue weighted by atomic mass is 10.2. The molecule has 9 heteroatoms. The van der Waals surface area contributed by atoms with E-state index in [2.05, 4.69) is 36.1 Å². The first-order valence-electron chi connectivity index (χ1n) is 9.62. The molecule has 0 radical (unpaired) electrons. The molecule has 2 aromatic carbocycles. The molecule has 0 aliphatic carbocycles. The van der Waals surface area contributed by atoms with Gasteiger partial charge in [-0.3, -0.25) is 4.90 Å². The van der Waals surface area contributed by atoms with Crippen LogP contribution < -0.4 is 14.8 Å². The van der Waals surface area contributed by atoms with Crippen molar-refractivity contribution in [3.63, 3.8) is 0 Å². The number of methoxy groups -OCH3 is 1. The van der Waals surface area contributed by atoms with E-state index >= 15 is 0 Å². The lowest BCUT2D eigenvalue weighted by Gasteiger charge is -2.16. The maximum absolute atomic E-state index is 14.2. The zero-order valence-electron chi connectivity index (χ0n) is 16.5. The van der Waals surface area contributed by atoms with Crippen molar-refractivity contribution in [1.29, 1.82) is 0 Å². The first-order valence-corrected chi connectivity index (χ1v) is 11.6. The van der Waals surface area contributed by atoms with Gasteiger partial charge in [-0.25, -0.2) is 14.4 Å². The lowest BCUT2D eigenvalue weighted by Crippen LogP contribution is -2.22. The fraction of sp³-hybridized carbons (Fsp3) is 0.333. The van der Waals surface area contributed by atoms with Crippen LogP contribution in [0, 0.1) is 5.82 Å². The second-order valence-electron chi connectivity index (χ2n) is 6.85. The van der Waals surface area contributed by atoms with E-state index in [0.29, 0.717) is 39.6 Å². The number of hydrogen-bond acceptors (Lipinski definition) is 7. The van der Waals surface area contributed by atoms with E-state index in [1.807, 2.05) is 23.9 Å². The van der Waals surface area contributed by atoms with E-state index in [4.69, 9.17) is 9.47 Å². The van der Waals surface area contributed by atoms with Gasteiger partial charge in [0, 0.05) is 40.6 Å². The van der Waals surface area contributed by atoms with Gasteiger partial charge in [-0.2, -0.15) is 0 Å². The molecule has 3 aromatic rings. The maximum Gasteiger partial charge on any atom is 0.163 e. The molecular formula is C21H22BrFN4O2S. The van der Waals surface area contributed by atoms with Crippen molar-refractivity contribution in [3.05, 3.63) is 46.9 Å². The summed E-state index contributed by atoms with van der Waals surface area (Å²) in [6.45, 7) is 2.77. The predicted molar refractivity (Wildman–Crippen MR) is 122 cm³/mol. The van der Waals surface area contributed by atoms with E-state index in [0.717, 1.165) is 30.8 Å². The topological polar surface area (TPSA) is 59.5 Å². The van der Waals surface area contributed by atoms with Gasteiger partial charge in [0.25, 0.3) is 0 Å². The second kappa shape index (κ2) is 9.80. The highest BCUT2D eigenvalue weighted by molar-refractivity contribution is 9.10. The van der Waals surface area contributed by atoms with Crippen LogP contribution in [-0.2, 0) is 0 Å². The van der Waals surface area contributed by atoms with Crippen molar-refractivity contribution in [2.75, 3.05) is 43.8 Å². The number of benzene rings is 2. The van der Waals surface area contributed by atoms with Crippen LogP contribution in [0.3, 0.4) is 0 Å². The van der Waals surface area contributed by atoms with Gasteiger partial charge in [-0.05, 0) is 30.7 Å². The zero-order valence-corrected chi connectivity index (χ0v) is 18.9. The van der Waals surface area contributed by atoms with Crippen molar-refractivity contribution >= 4 is 50.1 Å². The third-order valence-electron chi connectivity index (χ3n) is 4.81. The fourth-order valence-corrected chi connectivity index (χ4v) is 4.62. The minimum Gasteiger partial charge on any atom is -0.493 e. The monoisotopic (exact) mass is 492 g/mol. The van der Waals surface area contributed by atoms with Crippen LogP contribution in [0.2, 0.25) is 0 Å². The predicted octanol–water partition coefficient (Wildman–Crippen LogP) is 5.06. The van der Waals surface area contributed by atoms with Gasteiger partial charge >= 0.3 is 0 Å². The molecule has 0 unspecified atom stereocenters. The first-order chi connectivity index (χ1) is 14.6. The Bertz CT molecular complexity index is 1030. The summed E-state index contributed by atoms with van der Waals surface area (Å²) in [5, 5.41) is 3.77. The number of hydrogen-bond donors (Lipinski definition) is 1. The molecule has 0 bridgehead atoms. The molecule has 0 amide bonds. The van der Waals surface area contributed by atoms with Gasteiger partial charge in [0.1, 0.15) is 18.0 Å². The molecule has 0 saturated carbocycles. The SMILES string of the molecule is COc1cc2c(Nc3ccc(Br)cc3F)ncnc2cc1OCCCN1CCSC1. The highest BCUT2D eigenvalue weighted by Crippen LogP contribution is 2.35. The Morgan fingerprint density at radius 1 is 1.23 bits per heavy atom. The van der Waals surface area contributed by atoms with Crippen molar-refractivity contribution in [2.24, 2.45) is 0 Å². The molecule has 1 aliphatic heterocycles. The summed E-state index contributed by atoms with van der Waals surface area (Å²) in [4.78, 5) is 11.1. The van der Waals surface area contributed by atoms with E-state index in [1.54, 1.807) is 19.2 Å². The molecule has 1 fully saturated rings. The van der Waals surface area contributed by atoms with Crippen LogP contribution in [0.25, 0.3) is 10.9 Å². The summed E-state index contributed by atoms with van der Waals surface area (Å²) < 4.78 is 26.4. The molecule has 1 aliphatic rings. The third kappa shape index (κ3) is 4.96. The summed E-state index contributed by atoms with van der Waals surface area (Å²) in [5.41, 5.74) is 1.02. The van der Waals surface area contributed by atoms with Gasteiger partial charge in [0.2, 0.25) is 0 Å². The molecule has 2 heterocycles. The van der Waals surface area contributed by atoms with Crippen LogP contribution >= 0.6 is 27.7 Å². The molecular weight excluding hydrogens is 471 g/mol. The van der Waals surface area contributed by atoms with Crippen molar-refractivity contribution in [3.8, 4) is 11.5 Å². The number of nitrogens with one attached hydrogen (secondary N) is 1. The smallest absolute Gasteiger partial charge is 0.163 e. The van der Waals surface area contributed by atoms with E-state index in [9.17, 15) is 4.39 Å². The van der Waals surface area contributed by atoms with Gasteiger partial charge in [0.15, 0.2) is 11.5 Å². The van der Waals surface area contributed by atoms with Crippen LogP contribution in [0.5, 0.6) is 11.5 Å². The molecule has 4 rings (SSSR count). The summed E-state index contributed by atoms with van der Waals surface area (Å²) in [6.07, 6.45) is 2.39. The van der Waals surface area contributed by atoms with Gasteiger partial charge < -0.3 is 14.8 Å². The standard InChI is InChI=1S/C21H22BrFN4O2S/c1-28-19-10-15-18(11-20(19)29-7-2-5-27-6-8-30-13-27)24-12-25-21(15)26-17-4-3-14(22)9-16(17)23/h3-4,9-12H,2,5-8,13H2,1H3,(H,24,25,26). The maximum atomic E-state index is 14.2. The molecule has 1 N–H and O–H groups in total. The molecule has 1 saturated heterocycles. The van der Waals surface area contributed by atoms with Crippen molar-refractivity contribution < 1.29 is 13.9 Å². The number of thioether (sulfide) groups is 1. The number of halogens is 2. The molecule has 6 nitrogen and oxygen atoms in total. The molecule has 158 valence electrons. The number of nitrogens with zero attached hydrogens (tertiary/aromatic N) is 3. The summed E-state index contributed by atoms with van der Waals surface area (Å²) in [5.74, 6) is 3.66. The van der Waals surface area contributed by atoms with Gasteiger partial charge in [0.05, 0.1) is 24.9 Å². The average Bonchev–Trinajstić information content (AvgIpc) is 3.26. The molecule has 0 atom stereocenters. The summed E-state index contributed by atoms with van der Waals surface area (Å²) in [6, 6.07) is 8.48. The van der Waals surface area contributed by atoms with Crippen LogP contribution in [-0.4, -0.2) is 53.3 Å². The van der Waals surface area contributed by atoms with Crippen molar-refractivity contribution in [2.45, 2.75) is 6.42 Å². The Morgan fingerprint density at radius 3 is 2.90 bits per heavy atom. The highest BCUT2D eigenvalue weighted by Gasteiger charge is 2.14. The highest BCUT2D eigenvalue weighted by atomic mass is 79.9. The Labute approximate surface area is 187 Å². The Balaban J connectivity index is 1.52. The summed E-state index contributed by atoms with van der Waals surface area (Å²) in [7, 11) is 1.60. The zero-order chi connectivity index (χ0) is 20.9. The van der Waals surface area contributed by atoms with Gasteiger partial charge in [-0.1, -0.05) is 15.9 Å². The van der Waals surface area contributed by atoms with Gasteiger partial charge in [-0.15, -0.1) is 11.8 Å². The quantitative estimate of drug-likeness (QED) is 0.441. The molecule has 0 spiro atoms. The number of fused-ring (bicyclic) bond motifs is 1. The summed E-state index contributed by atoms with van der Waals surface area (Å²) >= 11 is 5.23. The largest absolute Gasteiger partial charge is 0.493 e. The van der Waals surface area contributed by atoms with Crippen LogP contribution in [0.15, 0.2) is 41.1 Å². The first kappa shape index (κ1) is 21.1.